The highest BCUT2D eigenvalue weighted by atomic mass is 16.7. The zero-order valence-electron chi connectivity index (χ0n) is 14.1. The average Bonchev–Trinajstić information content (AvgIpc) is 2.62. The van der Waals surface area contributed by atoms with Crippen molar-refractivity contribution in [2.24, 2.45) is 0 Å². The molecule has 6 heteroatoms. The number of carbonyl (C=O) groups is 1. The Kier molecular flexibility index (Phi) is 5.03. The lowest BCUT2D eigenvalue weighted by atomic mass is 10.2. The first-order chi connectivity index (χ1) is 12.6. The minimum absolute atomic E-state index is 0.0428. The number of carbonyl (C=O) groups excluding carboxylic acids is 1. The molecule has 0 aliphatic rings. The lowest BCUT2D eigenvalue weighted by Crippen LogP contribution is -2.10. The van der Waals surface area contributed by atoms with Crippen molar-refractivity contribution in [1.82, 2.24) is 0 Å². The molecular formula is C20H16O6. The van der Waals surface area contributed by atoms with E-state index in [1.54, 1.807) is 6.07 Å². The van der Waals surface area contributed by atoms with Gasteiger partial charge in [0, 0.05) is 6.07 Å². The predicted octanol–water partition coefficient (Wildman–Crippen LogP) is 4.60. The standard InChI is InChI=1S/C20H16O6/c1-3-9-23-20(22)26-15-7-8-16-17(11-15)24-12-18(19(16)21)25-14-6-4-5-13(2)10-14/h3-8,10-12H,1,9H2,2H3. The number of benzene rings is 2. The summed E-state index contributed by atoms with van der Waals surface area (Å²) in [6.45, 7) is 5.41. The van der Waals surface area contributed by atoms with Crippen LogP contribution in [0.1, 0.15) is 5.56 Å². The minimum atomic E-state index is -0.869. The zero-order valence-corrected chi connectivity index (χ0v) is 14.1. The summed E-state index contributed by atoms with van der Waals surface area (Å²) in [4.78, 5) is 24.0. The smallest absolute Gasteiger partial charge is 0.460 e. The van der Waals surface area contributed by atoms with E-state index in [9.17, 15) is 9.59 Å². The minimum Gasteiger partial charge on any atom is -0.460 e. The first-order valence-corrected chi connectivity index (χ1v) is 7.82. The van der Waals surface area contributed by atoms with E-state index in [-0.39, 0.29) is 29.1 Å². The van der Waals surface area contributed by atoms with Gasteiger partial charge in [0.1, 0.15) is 30.0 Å². The van der Waals surface area contributed by atoms with Gasteiger partial charge in [0.05, 0.1) is 5.39 Å². The fourth-order valence-electron chi connectivity index (χ4n) is 2.28. The van der Waals surface area contributed by atoms with E-state index in [1.165, 1.54) is 30.5 Å². The van der Waals surface area contributed by atoms with E-state index in [1.807, 2.05) is 25.1 Å². The molecule has 0 unspecified atom stereocenters. The van der Waals surface area contributed by atoms with Crippen LogP contribution in [0.15, 0.2) is 70.6 Å². The molecule has 0 aliphatic carbocycles. The molecule has 0 atom stereocenters. The molecule has 0 saturated carbocycles. The van der Waals surface area contributed by atoms with Crippen molar-refractivity contribution in [3.63, 3.8) is 0 Å². The second-order valence-corrected chi connectivity index (χ2v) is 5.46. The van der Waals surface area contributed by atoms with E-state index in [0.29, 0.717) is 11.1 Å². The van der Waals surface area contributed by atoms with E-state index < -0.39 is 6.16 Å². The molecule has 0 bridgehead atoms. The second-order valence-electron chi connectivity index (χ2n) is 5.46. The maximum atomic E-state index is 12.6. The molecule has 132 valence electrons. The summed E-state index contributed by atoms with van der Waals surface area (Å²) in [5, 5.41) is 0.307. The normalized spacial score (nSPS) is 10.3. The third-order valence-corrected chi connectivity index (χ3v) is 3.45. The summed E-state index contributed by atoms with van der Waals surface area (Å²) in [6.07, 6.45) is 1.79. The van der Waals surface area contributed by atoms with Crippen LogP contribution in [0.4, 0.5) is 4.79 Å². The van der Waals surface area contributed by atoms with E-state index in [0.717, 1.165) is 5.56 Å². The number of hydrogen-bond donors (Lipinski definition) is 0. The van der Waals surface area contributed by atoms with Crippen LogP contribution in [-0.4, -0.2) is 12.8 Å². The Balaban J connectivity index is 1.85. The van der Waals surface area contributed by atoms with Crippen LogP contribution < -0.4 is 14.9 Å². The number of hydrogen-bond acceptors (Lipinski definition) is 6. The van der Waals surface area contributed by atoms with Crippen molar-refractivity contribution in [3.05, 3.63) is 77.2 Å². The lowest BCUT2D eigenvalue weighted by Gasteiger charge is -2.07. The van der Waals surface area contributed by atoms with Crippen LogP contribution in [0.2, 0.25) is 0 Å². The van der Waals surface area contributed by atoms with Gasteiger partial charge in [-0.1, -0.05) is 24.8 Å². The molecule has 0 aliphatic heterocycles. The molecule has 0 fully saturated rings. The summed E-state index contributed by atoms with van der Waals surface area (Å²) in [6, 6.07) is 11.7. The molecular weight excluding hydrogens is 336 g/mol. The first kappa shape index (κ1) is 17.3. The number of aryl methyl sites for hydroxylation is 1. The fourth-order valence-corrected chi connectivity index (χ4v) is 2.28. The molecule has 1 aromatic heterocycles. The molecule has 0 amide bonds. The molecule has 3 aromatic rings. The van der Waals surface area contributed by atoms with E-state index >= 15 is 0 Å². The first-order valence-electron chi connectivity index (χ1n) is 7.82. The highest BCUT2D eigenvalue weighted by Crippen LogP contribution is 2.24. The van der Waals surface area contributed by atoms with Gasteiger partial charge in [0.25, 0.3) is 0 Å². The molecule has 1 heterocycles. The zero-order chi connectivity index (χ0) is 18.5. The molecule has 26 heavy (non-hydrogen) atoms. The SMILES string of the molecule is C=CCOC(=O)Oc1ccc2c(=O)c(Oc3cccc(C)c3)coc2c1. The van der Waals surface area contributed by atoms with E-state index in [2.05, 4.69) is 6.58 Å². The van der Waals surface area contributed by atoms with Crippen molar-refractivity contribution >= 4 is 17.1 Å². The van der Waals surface area contributed by atoms with Gasteiger partial charge < -0.3 is 18.6 Å². The van der Waals surface area contributed by atoms with Crippen LogP contribution in [0.25, 0.3) is 11.0 Å². The number of rotatable bonds is 5. The number of ether oxygens (including phenoxy) is 3. The topological polar surface area (TPSA) is 75.0 Å². The van der Waals surface area contributed by atoms with Gasteiger partial charge in [0.2, 0.25) is 11.2 Å². The fraction of sp³-hybridized carbons (Fsp3) is 0.100. The van der Waals surface area contributed by atoms with Crippen LogP contribution in [0, 0.1) is 6.92 Å². The van der Waals surface area contributed by atoms with Crippen molar-refractivity contribution < 1.29 is 23.4 Å². The average molecular weight is 352 g/mol. The van der Waals surface area contributed by atoms with Gasteiger partial charge in [-0.25, -0.2) is 4.79 Å². The third-order valence-electron chi connectivity index (χ3n) is 3.45. The van der Waals surface area contributed by atoms with Gasteiger partial charge in [-0.2, -0.15) is 0 Å². The molecule has 3 rings (SSSR count). The largest absolute Gasteiger partial charge is 0.514 e. The Morgan fingerprint density at radius 2 is 2.04 bits per heavy atom. The van der Waals surface area contributed by atoms with Crippen LogP contribution in [-0.2, 0) is 4.74 Å². The molecule has 2 aromatic carbocycles. The third kappa shape index (κ3) is 3.92. The van der Waals surface area contributed by atoms with Crippen molar-refractivity contribution in [3.8, 4) is 17.2 Å². The summed E-state index contributed by atoms with van der Waals surface area (Å²) in [7, 11) is 0. The Bertz CT molecular complexity index is 1020. The summed E-state index contributed by atoms with van der Waals surface area (Å²) in [5.74, 6) is 0.811. The van der Waals surface area contributed by atoms with Crippen molar-refractivity contribution in [2.45, 2.75) is 6.92 Å². The van der Waals surface area contributed by atoms with Crippen LogP contribution >= 0.6 is 0 Å². The van der Waals surface area contributed by atoms with E-state index in [4.69, 9.17) is 18.6 Å². The highest BCUT2D eigenvalue weighted by molar-refractivity contribution is 5.80. The Labute approximate surface area is 149 Å². The maximum Gasteiger partial charge on any atom is 0.514 e. The summed E-state index contributed by atoms with van der Waals surface area (Å²) >= 11 is 0. The van der Waals surface area contributed by atoms with Gasteiger partial charge in [-0.15, -0.1) is 0 Å². The molecule has 0 saturated heterocycles. The molecule has 0 radical (unpaired) electrons. The number of fused-ring (bicyclic) bond motifs is 1. The molecule has 0 spiro atoms. The Morgan fingerprint density at radius 3 is 2.81 bits per heavy atom. The van der Waals surface area contributed by atoms with Crippen molar-refractivity contribution in [1.29, 1.82) is 0 Å². The van der Waals surface area contributed by atoms with Crippen LogP contribution in [0.5, 0.6) is 17.2 Å². The summed E-state index contributed by atoms with van der Waals surface area (Å²) < 4.78 is 20.8. The van der Waals surface area contributed by atoms with Gasteiger partial charge in [0.15, 0.2) is 0 Å². The summed E-state index contributed by atoms with van der Waals surface area (Å²) in [5.41, 5.74) is 0.951. The molecule has 0 N–H and O–H groups in total. The highest BCUT2D eigenvalue weighted by Gasteiger charge is 2.12. The van der Waals surface area contributed by atoms with Crippen molar-refractivity contribution in [2.75, 3.05) is 6.61 Å². The van der Waals surface area contributed by atoms with Gasteiger partial charge in [-0.05, 0) is 36.8 Å². The second kappa shape index (κ2) is 7.57. The van der Waals surface area contributed by atoms with Gasteiger partial charge in [-0.3, -0.25) is 4.79 Å². The lowest BCUT2D eigenvalue weighted by molar-refractivity contribution is 0.109. The quantitative estimate of drug-likeness (QED) is 0.380. The maximum absolute atomic E-state index is 12.6. The van der Waals surface area contributed by atoms with Gasteiger partial charge >= 0.3 is 6.16 Å². The Hall–Kier alpha value is -3.54. The van der Waals surface area contributed by atoms with Crippen LogP contribution in [0.3, 0.4) is 0 Å². The molecule has 6 nitrogen and oxygen atoms in total. The Morgan fingerprint density at radius 1 is 1.19 bits per heavy atom. The predicted molar refractivity (Wildman–Crippen MR) is 95.9 cm³/mol. The monoisotopic (exact) mass is 352 g/mol.